The molecular formula is C26H30N6O5S. The number of hydrogen-bond donors (Lipinski definition) is 3. The number of urea groups is 1. The Morgan fingerprint density at radius 2 is 1.68 bits per heavy atom. The molecular weight excluding hydrogens is 508 g/mol. The molecule has 3 aromatic rings. The Kier molecular flexibility index (Phi) is 8.23. The Morgan fingerprint density at radius 1 is 1.03 bits per heavy atom. The second kappa shape index (κ2) is 11.6. The molecule has 1 fully saturated rings. The second-order valence-electron chi connectivity index (χ2n) is 8.90. The van der Waals surface area contributed by atoms with Gasteiger partial charge >= 0.3 is 6.03 Å². The van der Waals surface area contributed by atoms with E-state index in [9.17, 15) is 18.0 Å². The molecule has 0 spiro atoms. The number of benzene rings is 2. The number of rotatable bonds is 7. The van der Waals surface area contributed by atoms with Crippen molar-refractivity contribution in [2.24, 2.45) is 0 Å². The molecule has 12 heteroatoms. The van der Waals surface area contributed by atoms with Crippen LogP contribution in [0.5, 0.6) is 0 Å². The highest BCUT2D eigenvalue weighted by Crippen LogP contribution is 2.26. The summed E-state index contributed by atoms with van der Waals surface area (Å²) in [5.74, 6) is 0.421. The van der Waals surface area contributed by atoms with Crippen molar-refractivity contribution in [1.29, 1.82) is 0 Å². The fourth-order valence-corrected chi connectivity index (χ4v) is 5.28. The summed E-state index contributed by atoms with van der Waals surface area (Å²) >= 11 is 0. The number of aromatic nitrogens is 2. The van der Waals surface area contributed by atoms with Crippen LogP contribution < -0.4 is 20.9 Å². The van der Waals surface area contributed by atoms with Gasteiger partial charge in [0.15, 0.2) is 15.7 Å². The molecule has 1 aromatic heterocycles. The first-order valence-electron chi connectivity index (χ1n) is 12.1. The average molecular weight is 539 g/mol. The third kappa shape index (κ3) is 6.64. The van der Waals surface area contributed by atoms with Crippen molar-refractivity contribution in [3.05, 3.63) is 60.3 Å². The number of hydrogen-bond acceptors (Lipinski definition) is 8. The Balaban J connectivity index is 1.67. The third-order valence-corrected chi connectivity index (χ3v) is 7.59. The SMILES string of the molecule is CNC(=O)Nc1ccc(-c2nc(CS(=O)(=O)c3ccc(NC(C)=O)cc3)cc(N3CCOC[C@H]3C)n2)cc1. The molecule has 4 rings (SSSR count). The number of morpholine rings is 1. The lowest BCUT2D eigenvalue weighted by molar-refractivity contribution is -0.114. The fraction of sp³-hybridized carbons (Fsp3) is 0.308. The number of nitrogens with one attached hydrogen (secondary N) is 3. The molecule has 0 bridgehead atoms. The maximum absolute atomic E-state index is 13.3. The lowest BCUT2D eigenvalue weighted by Crippen LogP contribution is -2.44. The number of sulfone groups is 1. The van der Waals surface area contributed by atoms with Crippen LogP contribution in [-0.4, -0.2) is 63.2 Å². The van der Waals surface area contributed by atoms with Gasteiger partial charge in [0.1, 0.15) is 5.82 Å². The Bertz CT molecular complexity index is 1410. The van der Waals surface area contributed by atoms with Gasteiger partial charge in [-0.1, -0.05) is 0 Å². The van der Waals surface area contributed by atoms with Gasteiger partial charge in [-0.05, 0) is 55.5 Å². The summed E-state index contributed by atoms with van der Waals surface area (Å²) in [6.07, 6.45) is 0. The largest absolute Gasteiger partial charge is 0.377 e. The van der Waals surface area contributed by atoms with E-state index in [1.807, 2.05) is 6.92 Å². The summed E-state index contributed by atoms with van der Waals surface area (Å²) in [5.41, 5.74) is 2.13. The van der Waals surface area contributed by atoms with Gasteiger partial charge in [-0.3, -0.25) is 4.79 Å². The van der Waals surface area contributed by atoms with E-state index in [1.54, 1.807) is 42.5 Å². The molecule has 2 heterocycles. The number of ether oxygens (including phenoxy) is 1. The molecule has 3 N–H and O–H groups in total. The third-order valence-electron chi connectivity index (χ3n) is 5.93. The van der Waals surface area contributed by atoms with Crippen molar-refractivity contribution in [3.8, 4) is 11.4 Å². The number of amides is 3. The average Bonchev–Trinajstić information content (AvgIpc) is 2.89. The molecule has 1 saturated heterocycles. The highest BCUT2D eigenvalue weighted by molar-refractivity contribution is 7.90. The molecule has 2 aromatic carbocycles. The molecule has 0 aliphatic carbocycles. The number of anilines is 3. The Labute approximate surface area is 221 Å². The zero-order valence-electron chi connectivity index (χ0n) is 21.4. The van der Waals surface area contributed by atoms with Crippen molar-refractivity contribution in [3.63, 3.8) is 0 Å². The number of nitrogens with zero attached hydrogens (tertiary/aromatic N) is 3. The van der Waals surface area contributed by atoms with E-state index >= 15 is 0 Å². The zero-order valence-corrected chi connectivity index (χ0v) is 22.2. The lowest BCUT2D eigenvalue weighted by Gasteiger charge is -2.34. The molecule has 0 saturated carbocycles. The van der Waals surface area contributed by atoms with Gasteiger partial charge < -0.3 is 25.6 Å². The van der Waals surface area contributed by atoms with Crippen molar-refractivity contribution < 1.29 is 22.7 Å². The minimum absolute atomic E-state index is 0.0522. The summed E-state index contributed by atoms with van der Waals surface area (Å²) in [4.78, 5) is 34.4. The van der Waals surface area contributed by atoms with Crippen LogP contribution >= 0.6 is 0 Å². The maximum Gasteiger partial charge on any atom is 0.318 e. The van der Waals surface area contributed by atoms with Crippen LogP contribution in [0.2, 0.25) is 0 Å². The fourth-order valence-electron chi connectivity index (χ4n) is 4.02. The molecule has 0 unspecified atom stereocenters. The summed E-state index contributed by atoms with van der Waals surface area (Å²) < 4.78 is 32.1. The molecule has 1 aliphatic heterocycles. The Hall–Kier alpha value is -4.03. The van der Waals surface area contributed by atoms with Gasteiger partial charge in [0, 0.05) is 43.5 Å². The minimum atomic E-state index is -3.74. The van der Waals surface area contributed by atoms with Gasteiger partial charge in [0.2, 0.25) is 5.91 Å². The molecule has 3 amide bonds. The van der Waals surface area contributed by atoms with E-state index in [0.717, 1.165) is 0 Å². The van der Waals surface area contributed by atoms with E-state index in [4.69, 9.17) is 9.72 Å². The van der Waals surface area contributed by atoms with E-state index in [1.165, 1.54) is 26.1 Å². The van der Waals surface area contributed by atoms with Crippen LogP contribution in [0.1, 0.15) is 19.5 Å². The first-order valence-corrected chi connectivity index (χ1v) is 13.7. The van der Waals surface area contributed by atoms with E-state index in [2.05, 4.69) is 25.8 Å². The highest BCUT2D eigenvalue weighted by Gasteiger charge is 2.24. The second-order valence-corrected chi connectivity index (χ2v) is 10.9. The first kappa shape index (κ1) is 27.0. The first-order chi connectivity index (χ1) is 18.1. The van der Waals surface area contributed by atoms with Crippen LogP contribution in [0.3, 0.4) is 0 Å². The Morgan fingerprint density at radius 3 is 2.32 bits per heavy atom. The summed E-state index contributed by atoms with van der Waals surface area (Å²) in [6.45, 7) is 5.10. The normalized spacial score (nSPS) is 15.6. The van der Waals surface area contributed by atoms with Gasteiger partial charge in [-0.2, -0.15) is 0 Å². The number of carbonyl (C=O) groups excluding carboxylic acids is 2. The molecule has 1 aliphatic rings. The van der Waals surface area contributed by atoms with Crippen molar-refractivity contribution in [2.45, 2.75) is 30.5 Å². The maximum atomic E-state index is 13.3. The molecule has 1 atom stereocenters. The van der Waals surface area contributed by atoms with Crippen LogP contribution in [0.4, 0.5) is 22.0 Å². The van der Waals surface area contributed by atoms with Gasteiger partial charge in [-0.15, -0.1) is 0 Å². The van der Waals surface area contributed by atoms with Crippen molar-refractivity contribution >= 4 is 39.0 Å². The lowest BCUT2D eigenvalue weighted by atomic mass is 10.2. The van der Waals surface area contributed by atoms with Gasteiger partial charge in [0.05, 0.1) is 35.6 Å². The minimum Gasteiger partial charge on any atom is -0.377 e. The topological polar surface area (TPSA) is 143 Å². The molecule has 200 valence electrons. The summed E-state index contributed by atoms with van der Waals surface area (Å²) in [5, 5.41) is 7.82. The van der Waals surface area contributed by atoms with E-state index in [-0.39, 0.29) is 28.6 Å². The van der Waals surface area contributed by atoms with Crippen LogP contribution in [0.25, 0.3) is 11.4 Å². The summed E-state index contributed by atoms with van der Waals surface area (Å²) in [6, 6.07) is 14.4. The molecule has 0 radical (unpaired) electrons. The van der Waals surface area contributed by atoms with Crippen molar-refractivity contribution in [2.75, 3.05) is 42.3 Å². The zero-order chi connectivity index (χ0) is 27.3. The molecule has 38 heavy (non-hydrogen) atoms. The van der Waals surface area contributed by atoms with Crippen LogP contribution in [0, 0.1) is 0 Å². The summed E-state index contributed by atoms with van der Waals surface area (Å²) in [7, 11) is -2.21. The quantitative estimate of drug-likeness (QED) is 0.417. The predicted octanol–water partition coefficient (Wildman–Crippen LogP) is 3.05. The van der Waals surface area contributed by atoms with Crippen LogP contribution in [0.15, 0.2) is 59.5 Å². The highest BCUT2D eigenvalue weighted by atomic mass is 32.2. The van der Waals surface area contributed by atoms with Crippen molar-refractivity contribution in [1.82, 2.24) is 15.3 Å². The standard InChI is InChI=1S/C26H30N6O5S/c1-17-15-37-13-12-32(17)24-14-22(16-38(35,36)23-10-8-20(9-11-23)28-18(2)33)29-25(31-24)19-4-6-21(7-5-19)30-26(34)27-3/h4-11,14,17H,12-13,15-16H2,1-3H3,(H,28,33)(H2,27,30,34)/t17-/m1/s1. The molecule has 11 nitrogen and oxygen atoms in total. The smallest absolute Gasteiger partial charge is 0.318 e. The predicted molar refractivity (Wildman–Crippen MR) is 145 cm³/mol. The van der Waals surface area contributed by atoms with Crippen LogP contribution in [-0.2, 0) is 25.1 Å². The van der Waals surface area contributed by atoms with E-state index in [0.29, 0.717) is 54.0 Å². The van der Waals surface area contributed by atoms with E-state index < -0.39 is 9.84 Å². The van der Waals surface area contributed by atoms with Gasteiger partial charge in [0.25, 0.3) is 0 Å². The van der Waals surface area contributed by atoms with Gasteiger partial charge in [-0.25, -0.2) is 23.2 Å². The number of carbonyl (C=O) groups is 2. The monoisotopic (exact) mass is 538 g/mol.